The van der Waals surface area contributed by atoms with E-state index in [0.717, 1.165) is 22.9 Å². The van der Waals surface area contributed by atoms with Gasteiger partial charge in [-0.1, -0.05) is 81.4 Å². The summed E-state index contributed by atoms with van der Waals surface area (Å²) in [5.74, 6) is 0.0226. The number of aromatic nitrogens is 3. The van der Waals surface area contributed by atoms with E-state index in [1.165, 1.54) is 17.1 Å². The van der Waals surface area contributed by atoms with Gasteiger partial charge in [0.2, 0.25) is 0 Å². The van der Waals surface area contributed by atoms with Crippen molar-refractivity contribution in [1.82, 2.24) is 14.5 Å². The smallest absolute Gasteiger partial charge is 0.264 e. The highest BCUT2D eigenvalue weighted by molar-refractivity contribution is 7.86. The fourth-order valence-corrected chi connectivity index (χ4v) is 11.9. The standard InChI is InChI=1S/C30H35N5O8S2Si/c1-30(2,3)46(21-12-8-6-9-13-21,22-14-10-7-11-15-22)40-18-23-25(42-44(4,36)37)26(43-45(5,38)39)29(41-23)35-17-20(16-31)24-27(32)33-19-34-28(24)35/h6-15,17,19,23,25-26,29H,18H2,1-5H3,(H2,32,33,34)/t23-,25-,26-,29?/m1/s1. The first-order chi connectivity index (χ1) is 21.6. The summed E-state index contributed by atoms with van der Waals surface area (Å²) >= 11 is 0. The van der Waals surface area contributed by atoms with Gasteiger partial charge in [-0.15, -0.1) is 0 Å². The summed E-state index contributed by atoms with van der Waals surface area (Å²) in [6, 6.07) is 21.6. The monoisotopic (exact) mass is 685 g/mol. The second kappa shape index (κ2) is 12.5. The SMILES string of the molecule is CC(C)(C)[Si](OC[C@H]1OC(n2cc(C#N)c3c(N)ncnc32)[C@H](OS(C)(=O)=O)[C@@H]1OS(C)(=O)=O)(c1ccccc1)c1ccccc1. The zero-order valence-corrected chi connectivity index (χ0v) is 28.5. The van der Waals surface area contributed by atoms with Gasteiger partial charge in [-0.25, -0.2) is 9.97 Å². The third kappa shape index (κ3) is 6.58. The number of hydrogen-bond donors (Lipinski definition) is 1. The molecule has 0 amide bonds. The summed E-state index contributed by atoms with van der Waals surface area (Å²) in [5, 5.41) is 11.6. The van der Waals surface area contributed by atoms with Crippen LogP contribution in [0.5, 0.6) is 0 Å². The highest BCUT2D eigenvalue weighted by Gasteiger charge is 2.55. The first kappa shape index (κ1) is 33.7. The molecule has 1 fully saturated rings. The van der Waals surface area contributed by atoms with Gasteiger partial charge in [0.1, 0.15) is 36.1 Å². The topological polar surface area (TPSA) is 186 Å². The van der Waals surface area contributed by atoms with Crippen molar-refractivity contribution < 1.29 is 34.4 Å². The van der Waals surface area contributed by atoms with Gasteiger partial charge in [-0.3, -0.25) is 8.37 Å². The normalized spacial score (nSPS) is 21.0. The van der Waals surface area contributed by atoms with Gasteiger partial charge in [-0.05, 0) is 15.4 Å². The number of nitrogen functional groups attached to an aromatic ring is 1. The zero-order chi connectivity index (χ0) is 33.5. The first-order valence-electron chi connectivity index (χ1n) is 14.2. The van der Waals surface area contributed by atoms with Crippen LogP contribution in [0, 0.1) is 11.3 Å². The molecule has 4 atom stereocenters. The predicted molar refractivity (Wildman–Crippen MR) is 174 cm³/mol. The zero-order valence-electron chi connectivity index (χ0n) is 25.9. The number of anilines is 1. The van der Waals surface area contributed by atoms with Gasteiger partial charge < -0.3 is 19.5 Å². The van der Waals surface area contributed by atoms with Crippen LogP contribution in [0.2, 0.25) is 5.04 Å². The van der Waals surface area contributed by atoms with E-state index in [-0.39, 0.29) is 29.0 Å². The summed E-state index contributed by atoms with van der Waals surface area (Å²) < 4.78 is 76.1. The fraction of sp³-hybridized carbons (Fsp3) is 0.367. The van der Waals surface area contributed by atoms with E-state index in [2.05, 4.69) is 30.7 Å². The Kier molecular flexibility index (Phi) is 9.14. The second-order valence-electron chi connectivity index (χ2n) is 12.1. The van der Waals surface area contributed by atoms with Gasteiger partial charge in [0.05, 0.1) is 30.1 Å². The Hall–Kier alpha value is -3.69. The van der Waals surface area contributed by atoms with Crippen molar-refractivity contribution in [1.29, 1.82) is 5.26 Å². The van der Waals surface area contributed by atoms with Crippen LogP contribution in [0.1, 0.15) is 32.6 Å². The molecule has 5 rings (SSSR count). The van der Waals surface area contributed by atoms with Crippen LogP contribution >= 0.6 is 0 Å². The average molecular weight is 686 g/mol. The highest BCUT2D eigenvalue weighted by atomic mass is 32.2. The van der Waals surface area contributed by atoms with E-state index < -0.39 is 58.1 Å². The van der Waals surface area contributed by atoms with Gasteiger partial charge in [0.15, 0.2) is 12.3 Å². The first-order valence-corrected chi connectivity index (χ1v) is 19.8. The van der Waals surface area contributed by atoms with Crippen molar-refractivity contribution in [3.8, 4) is 6.07 Å². The van der Waals surface area contributed by atoms with Crippen molar-refractivity contribution in [2.24, 2.45) is 0 Å². The second-order valence-corrected chi connectivity index (χ2v) is 19.6. The van der Waals surface area contributed by atoms with Gasteiger partial charge >= 0.3 is 0 Å². The molecule has 0 bridgehead atoms. The van der Waals surface area contributed by atoms with E-state index in [0.29, 0.717) is 0 Å². The Balaban J connectivity index is 1.65. The maximum absolute atomic E-state index is 12.6. The Morgan fingerprint density at radius 1 is 0.935 bits per heavy atom. The lowest BCUT2D eigenvalue weighted by molar-refractivity contribution is -0.0436. The molecule has 46 heavy (non-hydrogen) atoms. The minimum atomic E-state index is -4.20. The molecule has 0 aliphatic carbocycles. The number of nitriles is 1. The number of ether oxygens (including phenoxy) is 1. The van der Waals surface area contributed by atoms with Crippen molar-refractivity contribution in [3.63, 3.8) is 0 Å². The quantitative estimate of drug-likeness (QED) is 0.190. The fourth-order valence-electron chi connectivity index (χ4n) is 6.04. The van der Waals surface area contributed by atoms with E-state index in [4.69, 9.17) is 23.3 Å². The lowest BCUT2D eigenvalue weighted by Gasteiger charge is -2.43. The van der Waals surface area contributed by atoms with Crippen LogP contribution < -0.4 is 16.1 Å². The maximum atomic E-state index is 12.6. The number of nitrogens with two attached hydrogens (primary N) is 1. The molecule has 1 saturated heterocycles. The molecular formula is C30H35N5O8S2Si. The van der Waals surface area contributed by atoms with Gasteiger partial charge in [0.25, 0.3) is 28.6 Å². The lowest BCUT2D eigenvalue weighted by Crippen LogP contribution is -2.67. The van der Waals surface area contributed by atoms with Crippen molar-refractivity contribution in [2.75, 3.05) is 24.9 Å². The third-order valence-electron chi connectivity index (χ3n) is 7.77. The molecule has 0 radical (unpaired) electrons. The molecule has 3 heterocycles. The molecule has 4 aromatic rings. The molecule has 13 nitrogen and oxygen atoms in total. The van der Waals surface area contributed by atoms with E-state index >= 15 is 0 Å². The van der Waals surface area contributed by atoms with Crippen LogP contribution in [0.3, 0.4) is 0 Å². The molecule has 1 aliphatic rings. The average Bonchev–Trinajstić information content (AvgIpc) is 3.50. The van der Waals surface area contributed by atoms with Gasteiger partial charge in [-0.2, -0.15) is 22.1 Å². The number of hydrogen-bond acceptors (Lipinski definition) is 12. The van der Waals surface area contributed by atoms with Crippen LogP contribution in [-0.4, -0.2) is 77.1 Å². The van der Waals surface area contributed by atoms with E-state index in [1.807, 2.05) is 66.7 Å². The number of nitrogens with zero attached hydrogens (tertiary/aromatic N) is 4. The summed E-state index contributed by atoms with van der Waals surface area (Å²) in [5.41, 5.74) is 6.32. The predicted octanol–water partition coefficient (Wildman–Crippen LogP) is 2.05. The summed E-state index contributed by atoms with van der Waals surface area (Å²) in [4.78, 5) is 8.22. The van der Waals surface area contributed by atoms with Crippen LogP contribution in [0.4, 0.5) is 5.82 Å². The van der Waals surface area contributed by atoms with Crippen LogP contribution in [0.25, 0.3) is 11.0 Å². The molecule has 2 aromatic carbocycles. The molecule has 1 aliphatic heterocycles. The van der Waals surface area contributed by atoms with E-state index in [9.17, 15) is 22.1 Å². The number of fused-ring (bicyclic) bond motifs is 1. The van der Waals surface area contributed by atoms with E-state index in [1.54, 1.807) is 0 Å². The third-order valence-corrected chi connectivity index (χ3v) is 13.9. The molecule has 0 saturated carbocycles. The maximum Gasteiger partial charge on any atom is 0.264 e. The van der Waals surface area contributed by atoms with Crippen molar-refractivity contribution in [3.05, 3.63) is 78.8 Å². The summed E-state index contributed by atoms with van der Waals surface area (Å²) in [6.07, 6.45) is -1.24. The Labute approximate surface area is 269 Å². The molecule has 0 spiro atoms. The van der Waals surface area contributed by atoms with Crippen molar-refractivity contribution >= 4 is 55.8 Å². The highest BCUT2D eigenvalue weighted by Crippen LogP contribution is 2.41. The van der Waals surface area contributed by atoms with Crippen LogP contribution in [-0.2, 0) is 37.8 Å². The van der Waals surface area contributed by atoms with Crippen LogP contribution in [0.15, 0.2) is 73.2 Å². The Morgan fingerprint density at radius 3 is 1.98 bits per heavy atom. The summed E-state index contributed by atoms with van der Waals surface area (Å²) in [6.45, 7) is 6.04. The molecule has 1 unspecified atom stereocenters. The molecule has 2 aromatic heterocycles. The summed E-state index contributed by atoms with van der Waals surface area (Å²) in [7, 11) is -11.5. The lowest BCUT2D eigenvalue weighted by atomic mass is 10.1. The number of benzene rings is 2. The Morgan fingerprint density at radius 2 is 1.48 bits per heavy atom. The largest absolute Gasteiger partial charge is 0.405 e. The molecule has 2 N–H and O–H groups in total. The van der Waals surface area contributed by atoms with Gasteiger partial charge in [0, 0.05) is 6.20 Å². The minimum absolute atomic E-state index is 0.0226. The molecular weight excluding hydrogens is 651 g/mol. The Bertz CT molecular complexity index is 1940. The number of rotatable bonds is 10. The molecule has 244 valence electrons. The minimum Gasteiger partial charge on any atom is -0.405 e. The molecule has 16 heteroatoms. The van der Waals surface area contributed by atoms with Crippen molar-refractivity contribution in [2.45, 2.75) is 50.3 Å².